The average molecular weight is 315 g/mol. The fourth-order valence-electron chi connectivity index (χ4n) is 2.74. The van der Waals surface area contributed by atoms with E-state index in [9.17, 15) is 4.79 Å². The molecule has 1 aromatic carbocycles. The number of methoxy groups -OCH3 is 2. The van der Waals surface area contributed by atoms with E-state index in [-0.39, 0.29) is 5.91 Å². The van der Waals surface area contributed by atoms with Crippen molar-refractivity contribution >= 4 is 12.0 Å². The van der Waals surface area contributed by atoms with E-state index in [0.717, 1.165) is 12.0 Å². The highest BCUT2D eigenvalue weighted by atomic mass is 16.5. The van der Waals surface area contributed by atoms with Gasteiger partial charge in [0.05, 0.1) is 19.8 Å². The highest BCUT2D eigenvalue weighted by Gasteiger charge is 2.07. The van der Waals surface area contributed by atoms with Crippen LogP contribution in [0.25, 0.3) is 6.08 Å². The highest BCUT2D eigenvalue weighted by Crippen LogP contribution is 2.29. The Morgan fingerprint density at radius 1 is 1.22 bits per heavy atom. The van der Waals surface area contributed by atoms with E-state index < -0.39 is 0 Å². The minimum absolute atomic E-state index is 0.102. The van der Waals surface area contributed by atoms with Gasteiger partial charge in [0.25, 0.3) is 0 Å². The summed E-state index contributed by atoms with van der Waals surface area (Å²) in [5.41, 5.74) is 2.23. The number of benzene rings is 1. The van der Waals surface area contributed by atoms with Gasteiger partial charge in [-0.3, -0.25) is 4.79 Å². The Kier molecular flexibility index (Phi) is 6.73. The molecule has 124 valence electrons. The van der Waals surface area contributed by atoms with Gasteiger partial charge in [-0.25, -0.2) is 0 Å². The molecule has 0 saturated heterocycles. The van der Waals surface area contributed by atoms with Gasteiger partial charge in [0, 0.05) is 12.6 Å². The molecule has 2 rings (SSSR count). The first-order chi connectivity index (χ1) is 11.2. The predicted molar refractivity (Wildman–Crippen MR) is 92.8 cm³/mol. The van der Waals surface area contributed by atoms with Crippen LogP contribution in [0.5, 0.6) is 11.5 Å². The van der Waals surface area contributed by atoms with E-state index in [1.54, 1.807) is 20.3 Å². The average Bonchev–Trinajstić information content (AvgIpc) is 2.60. The molecular formula is C19H25NO3. The Balaban J connectivity index is 1.89. The van der Waals surface area contributed by atoms with Crippen LogP contribution in [0.3, 0.4) is 0 Å². The van der Waals surface area contributed by atoms with Crippen molar-refractivity contribution in [2.24, 2.45) is 0 Å². The second-order valence-electron chi connectivity index (χ2n) is 5.56. The van der Waals surface area contributed by atoms with Crippen LogP contribution in [-0.4, -0.2) is 26.7 Å². The minimum Gasteiger partial charge on any atom is -0.496 e. The molecule has 0 saturated carbocycles. The topological polar surface area (TPSA) is 47.6 Å². The van der Waals surface area contributed by atoms with Crippen LogP contribution in [0.15, 0.2) is 35.9 Å². The maximum atomic E-state index is 12.0. The van der Waals surface area contributed by atoms with Gasteiger partial charge >= 0.3 is 0 Å². The number of rotatable bonds is 7. The molecule has 0 aromatic heterocycles. The van der Waals surface area contributed by atoms with Crippen LogP contribution in [0.4, 0.5) is 0 Å². The van der Waals surface area contributed by atoms with Crippen LogP contribution in [-0.2, 0) is 4.79 Å². The standard InChI is InChI=1S/C19H25NO3/c1-22-17-9-6-10-18(23-2)16(17)11-12-19(21)20-14-13-15-7-4-3-5-8-15/h6-7,9-12H,3-5,8,13-14H2,1-2H3,(H,20,21). The van der Waals surface area contributed by atoms with Gasteiger partial charge in [-0.05, 0) is 50.3 Å². The van der Waals surface area contributed by atoms with Gasteiger partial charge in [-0.15, -0.1) is 0 Å². The number of ether oxygens (including phenoxy) is 2. The third-order valence-electron chi connectivity index (χ3n) is 4.00. The number of carbonyl (C=O) groups is 1. The lowest BCUT2D eigenvalue weighted by atomic mass is 9.97. The molecule has 0 fully saturated rings. The van der Waals surface area contributed by atoms with Gasteiger partial charge in [-0.2, -0.15) is 0 Å². The Morgan fingerprint density at radius 2 is 1.96 bits per heavy atom. The van der Waals surface area contributed by atoms with Gasteiger partial charge in [0.15, 0.2) is 0 Å². The van der Waals surface area contributed by atoms with Crippen LogP contribution in [0.2, 0.25) is 0 Å². The van der Waals surface area contributed by atoms with E-state index in [1.165, 1.54) is 37.3 Å². The number of allylic oxidation sites excluding steroid dienone is 1. The Morgan fingerprint density at radius 3 is 2.57 bits per heavy atom. The normalized spacial score (nSPS) is 14.4. The summed E-state index contributed by atoms with van der Waals surface area (Å²) in [6.07, 6.45) is 11.4. The predicted octanol–water partition coefficient (Wildman–Crippen LogP) is 3.72. The SMILES string of the molecule is COc1cccc(OC)c1C=CC(=O)NCCC1=CCCCC1. The van der Waals surface area contributed by atoms with Gasteiger partial charge < -0.3 is 14.8 Å². The molecule has 0 spiro atoms. The molecule has 0 unspecified atom stereocenters. The van der Waals surface area contributed by atoms with E-state index in [0.29, 0.717) is 18.0 Å². The zero-order valence-electron chi connectivity index (χ0n) is 13.9. The van der Waals surface area contributed by atoms with Crippen molar-refractivity contribution < 1.29 is 14.3 Å². The fraction of sp³-hybridized carbons (Fsp3) is 0.421. The summed E-state index contributed by atoms with van der Waals surface area (Å²) in [5.74, 6) is 1.26. The van der Waals surface area contributed by atoms with E-state index in [2.05, 4.69) is 11.4 Å². The molecule has 0 bridgehead atoms. The highest BCUT2D eigenvalue weighted by molar-refractivity contribution is 5.92. The summed E-state index contributed by atoms with van der Waals surface area (Å²) in [6, 6.07) is 5.54. The molecule has 4 heteroatoms. The maximum Gasteiger partial charge on any atom is 0.244 e. The minimum atomic E-state index is -0.102. The molecule has 4 nitrogen and oxygen atoms in total. The molecular weight excluding hydrogens is 290 g/mol. The lowest BCUT2D eigenvalue weighted by Crippen LogP contribution is -2.22. The Hall–Kier alpha value is -2.23. The Labute approximate surface area is 138 Å². The van der Waals surface area contributed by atoms with E-state index in [4.69, 9.17) is 9.47 Å². The van der Waals surface area contributed by atoms with E-state index >= 15 is 0 Å². The summed E-state index contributed by atoms with van der Waals surface area (Å²) < 4.78 is 10.6. The zero-order valence-corrected chi connectivity index (χ0v) is 13.9. The number of amides is 1. The van der Waals surface area contributed by atoms with Crippen molar-refractivity contribution in [1.29, 1.82) is 0 Å². The lowest BCUT2D eigenvalue weighted by molar-refractivity contribution is -0.116. The summed E-state index contributed by atoms with van der Waals surface area (Å²) in [6.45, 7) is 0.679. The van der Waals surface area contributed by atoms with Crippen molar-refractivity contribution in [3.8, 4) is 11.5 Å². The number of hydrogen-bond donors (Lipinski definition) is 1. The number of nitrogens with one attached hydrogen (secondary N) is 1. The molecule has 1 aromatic rings. The van der Waals surface area contributed by atoms with Crippen LogP contribution in [0.1, 0.15) is 37.7 Å². The first kappa shape index (κ1) is 17.1. The molecule has 1 aliphatic rings. The van der Waals surface area contributed by atoms with Crippen molar-refractivity contribution in [1.82, 2.24) is 5.32 Å². The molecule has 0 radical (unpaired) electrons. The van der Waals surface area contributed by atoms with Crippen molar-refractivity contribution in [2.45, 2.75) is 32.1 Å². The molecule has 0 aliphatic heterocycles. The molecule has 1 amide bonds. The summed E-state index contributed by atoms with van der Waals surface area (Å²) in [7, 11) is 3.20. The second-order valence-corrected chi connectivity index (χ2v) is 5.56. The molecule has 0 heterocycles. The van der Waals surface area contributed by atoms with Gasteiger partial charge in [0.2, 0.25) is 5.91 Å². The first-order valence-corrected chi connectivity index (χ1v) is 8.09. The van der Waals surface area contributed by atoms with Crippen LogP contribution in [0, 0.1) is 0 Å². The zero-order chi connectivity index (χ0) is 16.5. The van der Waals surface area contributed by atoms with Crippen LogP contribution >= 0.6 is 0 Å². The summed E-state index contributed by atoms with van der Waals surface area (Å²) >= 11 is 0. The van der Waals surface area contributed by atoms with Crippen LogP contribution < -0.4 is 14.8 Å². The maximum absolute atomic E-state index is 12.0. The van der Waals surface area contributed by atoms with Crippen molar-refractivity contribution in [3.63, 3.8) is 0 Å². The monoisotopic (exact) mass is 315 g/mol. The summed E-state index contributed by atoms with van der Waals surface area (Å²) in [5, 5.41) is 2.93. The lowest BCUT2D eigenvalue weighted by Gasteiger charge is -2.12. The van der Waals surface area contributed by atoms with Gasteiger partial charge in [0.1, 0.15) is 11.5 Å². The third kappa shape index (κ3) is 5.16. The number of carbonyl (C=O) groups excluding carboxylic acids is 1. The van der Waals surface area contributed by atoms with Crippen molar-refractivity contribution in [2.75, 3.05) is 20.8 Å². The van der Waals surface area contributed by atoms with Gasteiger partial charge in [-0.1, -0.05) is 17.7 Å². The first-order valence-electron chi connectivity index (χ1n) is 8.09. The second kappa shape index (κ2) is 9.03. The molecule has 1 aliphatic carbocycles. The molecule has 1 N–H and O–H groups in total. The Bertz CT molecular complexity index is 568. The molecule has 23 heavy (non-hydrogen) atoms. The fourth-order valence-corrected chi connectivity index (χ4v) is 2.74. The van der Waals surface area contributed by atoms with E-state index in [1.807, 2.05) is 18.2 Å². The van der Waals surface area contributed by atoms with Crippen molar-refractivity contribution in [3.05, 3.63) is 41.5 Å². The smallest absolute Gasteiger partial charge is 0.244 e. The number of hydrogen-bond acceptors (Lipinski definition) is 3. The largest absolute Gasteiger partial charge is 0.496 e. The molecule has 0 atom stereocenters. The quantitative estimate of drug-likeness (QED) is 0.616. The third-order valence-corrected chi connectivity index (χ3v) is 4.00. The summed E-state index contributed by atoms with van der Waals surface area (Å²) in [4.78, 5) is 12.0.